The first kappa shape index (κ1) is 18.5. The quantitative estimate of drug-likeness (QED) is 0.632. The van der Waals surface area contributed by atoms with Crippen molar-refractivity contribution in [1.82, 2.24) is 9.88 Å². The van der Waals surface area contributed by atoms with Crippen molar-refractivity contribution in [3.63, 3.8) is 0 Å². The number of ether oxygens (including phenoxy) is 2. The predicted molar refractivity (Wildman–Crippen MR) is 102 cm³/mol. The first-order valence-electron chi connectivity index (χ1n) is 8.65. The highest BCUT2D eigenvalue weighted by molar-refractivity contribution is 5.94. The van der Waals surface area contributed by atoms with Gasteiger partial charge in [0.15, 0.2) is 23.7 Å². The molecule has 0 saturated heterocycles. The second-order valence-corrected chi connectivity index (χ2v) is 5.95. The van der Waals surface area contributed by atoms with Crippen LogP contribution in [-0.2, 0) is 6.54 Å². The van der Waals surface area contributed by atoms with E-state index in [4.69, 9.17) is 13.9 Å². The average molecular weight is 366 g/mol. The molecular formula is C21H22N2O4. The second kappa shape index (κ2) is 8.40. The molecule has 2 aromatic carbocycles. The Morgan fingerprint density at radius 3 is 2.41 bits per heavy atom. The molecule has 0 bridgehead atoms. The standard InChI is InChI=1S/C21H22N2O4/c1-4-23(13-15-5-10-18(25-2)19(11-15)26-3)21(24)17-8-6-16(7-9-17)20-12-22-14-27-20/h5-12,14H,4,13H2,1-3H3. The molecule has 0 spiro atoms. The van der Waals surface area contributed by atoms with Crippen LogP contribution >= 0.6 is 0 Å². The summed E-state index contributed by atoms with van der Waals surface area (Å²) in [6.45, 7) is 3.04. The minimum atomic E-state index is -0.0311. The molecule has 0 fully saturated rings. The summed E-state index contributed by atoms with van der Waals surface area (Å²) in [7, 11) is 3.20. The number of rotatable bonds is 7. The van der Waals surface area contributed by atoms with Crippen molar-refractivity contribution in [3.05, 3.63) is 66.2 Å². The van der Waals surface area contributed by atoms with Gasteiger partial charge in [0.25, 0.3) is 5.91 Å². The van der Waals surface area contributed by atoms with Gasteiger partial charge in [-0.15, -0.1) is 0 Å². The molecule has 0 saturated carbocycles. The molecule has 6 nitrogen and oxygen atoms in total. The van der Waals surface area contributed by atoms with Crippen LogP contribution in [0.1, 0.15) is 22.8 Å². The van der Waals surface area contributed by atoms with E-state index in [-0.39, 0.29) is 5.91 Å². The van der Waals surface area contributed by atoms with Crippen molar-refractivity contribution in [3.8, 4) is 22.8 Å². The Balaban J connectivity index is 1.76. The van der Waals surface area contributed by atoms with Gasteiger partial charge in [-0.05, 0) is 36.8 Å². The van der Waals surface area contributed by atoms with Gasteiger partial charge in [0.1, 0.15) is 0 Å². The van der Waals surface area contributed by atoms with Crippen LogP contribution in [0.4, 0.5) is 0 Å². The summed E-state index contributed by atoms with van der Waals surface area (Å²) in [6, 6.07) is 13.0. The first-order chi connectivity index (χ1) is 13.2. The van der Waals surface area contributed by atoms with Crippen LogP contribution in [-0.4, -0.2) is 36.6 Å². The number of carbonyl (C=O) groups excluding carboxylic acids is 1. The van der Waals surface area contributed by atoms with Gasteiger partial charge in [-0.1, -0.05) is 18.2 Å². The van der Waals surface area contributed by atoms with Gasteiger partial charge in [-0.3, -0.25) is 4.79 Å². The molecule has 0 aliphatic heterocycles. The van der Waals surface area contributed by atoms with Crippen LogP contribution in [0, 0.1) is 0 Å². The van der Waals surface area contributed by atoms with Crippen molar-refractivity contribution in [2.45, 2.75) is 13.5 Å². The third-order valence-electron chi connectivity index (χ3n) is 4.34. The van der Waals surface area contributed by atoms with Crippen LogP contribution in [0.15, 0.2) is 59.5 Å². The molecule has 0 radical (unpaired) electrons. The summed E-state index contributed by atoms with van der Waals surface area (Å²) < 4.78 is 15.9. The molecule has 1 heterocycles. The van der Waals surface area contributed by atoms with Crippen LogP contribution in [0.2, 0.25) is 0 Å². The lowest BCUT2D eigenvalue weighted by Gasteiger charge is -2.22. The van der Waals surface area contributed by atoms with E-state index in [0.717, 1.165) is 11.1 Å². The van der Waals surface area contributed by atoms with Crippen LogP contribution in [0.3, 0.4) is 0 Å². The van der Waals surface area contributed by atoms with E-state index < -0.39 is 0 Å². The smallest absolute Gasteiger partial charge is 0.254 e. The molecular weight excluding hydrogens is 344 g/mol. The molecule has 1 aromatic heterocycles. The monoisotopic (exact) mass is 366 g/mol. The molecule has 0 aliphatic carbocycles. The van der Waals surface area contributed by atoms with Gasteiger partial charge in [0, 0.05) is 24.2 Å². The van der Waals surface area contributed by atoms with E-state index in [9.17, 15) is 4.79 Å². The van der Waals surface area contributed by atoms with E-state index in [2.05, 4.69) is 4.98 Å². The van der Waals surface area contributed by atoms with E-state index in [1.165, 1.54) is 6.39 Å². The number of aromatic nitrogens is 1. The number of benzene rings is 2. The van der Waals surface area contributed by atoms with E-state index in [0.29, 0.717) is 35.9 Å². The second-order valence-electron chi connectivity index (χ2n) is 5.95. The number of hydrogen-bond acceptors (Lipinski definition) is 5. The minimum absolute atomic E-state index is 0.0311. The molecule has 1 amide bonds. The number of amides is 1. The summed E-state index contributed by atoms with van der Waals surface area (Å²) in [5, 5.41) is 0. The zero-order valence-corrected chi connectivity index (χ0v) is 15.6. The fraction of sp³-hybridized carbons (Fsp3) is 0.238. The topological polar surface area (TPSA) is 64.8 Å². The minimum Gasteiger partial charge on any atom is -0.493 e. The Labute approximate surface area is 158 Å². The first-order valence-corrected chi connectivity index (χ1v) is 8.65. The Bertz CT molecular complexity index is 889. The summed E-state index contributed by atoms with van der Waals surface area (Å²) >= 11 is 0. The Morgan fingerprint density at radius 2 is 1.81 bits per heavy atom. The number of carbonyl (C=O) groups is 1. The molecule has 0 N–H and O–H groups in total. The molecule has 6 heteroatoms. The van der Waals surface area contributed by atoms with Crippen LogP contribution in [0.25, 0.3) is 11.3 Å². The van der Waals surface area contributed by atoms with E-state index in [1.54, 1.807) is 37.4 Å². The number of hydrogen-bond donors (Lipinski definition) is 0. The van der Waals surface area contributed by atoms with Crippen molar-refractivity contribution < 1.29 is 18.7 Å². The lowest BCUT2D eigenvalue weighted by atomic mass is 10.1. The molecule has 0 unspecified atom stereocenters. The van der Waals surface area contributed by atoms with Crippen LogP contribution in [0.5, 0.6) is 11.5 Å². The van der Waals surface area contributed by atoms with Crippen molar-refractivity contribution in [1.29, 1.82) is 0 Å². The van der Waals surface area contributed by atoms with Crippen LogP contribution < -0.4 is 9.47 Å². The van der Waals surface area contributed by atoms with Gasteiger partial charge >= 0.3 is 0 Å². The van der Waals surface area contributed by atoms with E-state index in [1.807, 2.05) is 37.3 Å². The Hall–Kier alpha value is -3.28. The van der Waals surface area contributed by atoms with Gasteiger partial charge < -0.3 is 18.8 Å². The highest BCUT2D eigenvalue weighted by Gasteiger charge is 2.16. The van der Waals surface area contributed by atoms with Gasteiger partial charge in [0.2, 0.25) is 0 Å². The summed E-state index contributed by atoms with van der Waals surface area (Å²) in [5.41, 5.74) is 2.48. The maximum Gasteiger partial charge on any atom is 0.254 e. The fourth-order valence-electron chi connectivity index (χ4n) is 2.84. The normalized spacial score (nSPS) is 10.5. The van der Waals surface area contributed by atoms with Crippen molar-refractivity contribution in [2.75, 3.05) is 20.8 Å². The number of nitrogens with zero attached hydrogens (tertiary/aromatic N) is 2. The summed E-state index contributed by atoms with van der Waals surface area (Å²) in [6.07, 6.45) is 3.03. The molecule has 3 rings (SSSR count). The Kier molecular flexibility index (Phi) is 5.76. The average Bonchev–Trinajstić information content (AvgIpc) is 3.26. The highest BCUT2D eigenvalue weighted by atomic mass is 16.5. The predicted octanol–water partition coefficient (Wildman–Crippen LogP) is 4.02. The van der Waals surface area contributed by atoms with Gasteiger partial charge in [-0.25, -0.2) is 4.98 Å². The maximum atomic E-state index is 12.9. The van der Waals surface area contributed by atoms with Crippen molar-refractivity contribution in [2.24, 2.45) is 0 Å². The summed E-state index contributed by atoms with van der Waals surface area (Å²) in [5.74, 6) is 1.96. The molecule has 27 heavy (non-hydrogen) atoms. The van der Waals surface area contributed by atoms with Crippen molar-refractivity contribution >= 4 is 5.91 Å². The highest BCUT2D eigenvalue weighted by Crippen LogP contribution is 2.28. The SMILES string of the molecule is CCN(Cc1ccc(OC)c(OC)c1)C(=O)c1ccc(-c2cnco2)cc1. The Morgan fingerprint density at radius 1 is 1.07 bits per heavy atom. The molecule has 0 atom stereocenters. The lowest BCUT2D eigenvalue weighted by molar-refractivity contribution is 0.0752. The molecule has 0 aliphatic rings. The lowest BCUT2D eigenvalue weighted by Crippen LogP contribution is -2.30. The number of oxazole rings is 1. The number of methoxy groups -OCH3 is 2. The zero-order valence-electron chi connectivity index (χ0n) is 15.6. The largest absolute Gasteiger partial charge is 0.493 e. The summed E-state index contributed by atoms with van der Waals surface area (Å²) in [4.78, 5) is 18.6. The zero-order chi connectivity index (χ0) is 19.2. The van der Waals surface area contributed by atoms with Gasteiger partial charge in [-0.2, -0.15) is 0 Å². The third-order valence-corrected chi connectivity index (χ3v) is 4.34. The molecule has 140 valence electrons. The van der Waals surface area contributed by atoms with E-state index >= 15 is 0 Å². The molecule has 3 aromatic rings. The third kappa shape index (κ3) is 4.11. The maximum absolute atomic E-state index is 12.9. The van der Waals surface area contributed by atoms with Gasteiger partial charge in [0.05, 0.1) is 20.4 Å². The fourth-order valence-corrected chi connectivity index (χ4v) is 2.84.